The third-order valence-electron chi connectivity index (χ3n) is 18.7. The molecular formula is C62H70BN3. The zero-order chi connectivity index (χ0) is 46.1. The van der Waals surface area contributed by atoms with Crippen molar-refractivity contribution in [1.29, 1.82) is 0 Å². The van der Waals surface area contributed by atoms with Gasteiger partial charge in [0, 0.05) is 50.6 Å². The zero-order valence-corrected chi connectivity index (χ0v) is 42.0. The quantitative estimate of drug-likeness (QED) is 0.164. The second kappa shape index (κ2) is 13.7. The predicted molar refractivity (Wildman–Crippen MR) is 284 cm³/mol. The topological polar surface area (TPSA) is 9.72 Å². The molecule has 4 heteroatoms. The van der Waals surface area contributed by atoms with Gasteiger partial charge in [-0.25, -0.2) is 0 Å². The molecule has 6 aromatic carbocycles. The van der Waals surface area contributed by atoms with Gasteiger partial charge in [-0.05, 0) is 168 Å². The SMILES string of the molecule is Cc1cc(C)c2c(c1)N(c1cc3c4c(c1)N1c5c(cc(-c6ccccc6)cc5C5(C)CCCCC15C)B4c1ccc(C(C)(C)C)cc1N3c1cccc(C(C)(C)C)c1)C1(C)CCCCC21C. The van der Waals surface area contributed by atoms with Gasteiger partial charge < -0.3 is 14.7 Å². The summed E-state index contributed by atoms with van der Waals surface area (Å²) >= 11 is 0. The molecule has 0 spiro atoms. The van der Waals surface area contributed by atoms with E-state index in [1.54, 1.807) is 11.1 Å². The summed E-state index contributed by atoms with van der Waals surface area (Å²) in [5, 5.41) is 0. The minimum atomic E-state index is -0.0955. The van der Waals surface area contributed by atoms with Crippen molar-refractivity contribution in [3.8, 4) is 11.1 Å². The van der Waals surface area contributed by atoms with Crippen LogP contribution >= 0.6 is 0 Å². The summed E-state index contributed by atoms with van der Waals surface area (Å²) in [4.78, 5) is 8.54. The first-order valence-electron chi connectivity index (χ1n) is 25.5. The van der Waals surface area contributed by atoms with Crippen LogP contribution in [0.5, 0.6) is 0 Å². The van der Waals surface area contributed by atoms with E-state index in [2.05, 4.69) is 207 Å². The van der Waals surface area contributed by atoms with Crippen LogP contribution < -0.4 is 31.1 Å². The third-order valence-corrected chi connectivity index (χ3v) is 18.7. The predicted octanol–water partition coefficient (Wildman–Crippen LogP) is 14.7. The van der Waals surface area contributed by atoms with E-state index >= 15 is 0 Å². The molecule has 2 fully saturated rings. The van der Waals surface area contributed by atoms with Crippen molar-refractivity contribution in [2.45, 2.75) is 167 Å². The van der Waals surface area contributed by atoms with Crippen molar-refractivity contribution in [3.63, 3.8) is 0 Å². The molecule has 4 heterocycles. The Bertz CT molecular complexity index is 3020. The molecule has 3 nitrogen and oxygen atoms in total. The largest absolute Gasteiger partial charge is 0.335 e. The van der Waals surface area contributed by atoms with Crippen LogP contribution in [0.1, 0.15) is 154 Å². The molecule has 6 aliphatic rings. The Morgan fingerprint density at radius 1 is 0.500 bits per heavy atom. The van der Waals surface area contributed by atoms with Crippen molar-refractivity contribution >= 4 is 62.9 Å². The number of hydrogen-bond acceptors (Lipinski definition) is 3. The van der Waals surface area contributed by atoms with E-state index in [1.807, 2.05) is 0 Å². The van der Waals surface area contributed by atoms with Crippen molar-refractivity contribution in [2.24, 2.45) is 0 Å². The Balaban J connectivity index is 1.24. The number of fused-ring (bicyclic) bond motifs is 10. The first kappa shape index (κ1) is 42.2. The van der Waals surface area contributed by atoms with E-state index in [0.29, 0.717) is 0 Å². The molecule has 66 heavy (non-hydrogen) atoms. The first-order chi connectivity index (χ1) is 31.3. The highest BCUT2D eigenvalue weighted by molar-refractivity contribution is 7.00. The molecule has 4 aliphatic heterocycles. The van der Waals surface area contributed by atoms with Gasteiger partial charge in [0.15, 0.2) is 0 Å². The number of nitrogens with zero attached hydrogens (tertiary/aromatic N) is 3. The molecule has 0 amide bonds. The normalized spacial score (nSPS) is 25.8. The van der Waals surface area contributed by atoms with E-state index < -0.39 is 0 Å². The van der Waals surface area contributed by atoms with E-state index in [-0.39, 0.29) is 39.5 Å². The first-order valence-corrected chi connectivity index (χ1v) is 25.5. The Hall–Kier alpha value is -5.22. The molecule has 0 saturated heterocycles. The number of rotatable bonds is 3. The van der Waals surface area contributed by atoms with Gasteiger partial charge in [0.2, 0.25) is 0 Å². The van der Waals surface area contributed by atoms with Gasteiger partial charge in [0.1, 0.15) is 0 Å². The monoisotopic (exact) mass is 868 g/mol. The summed E-state index contributed by atoms with van der Waals surface area (Å²) in [5.41, 5.74) is 25.1. The maximum Gasteiger partial charge on any atom is 0.252 e. The molecule has 12 rings (SSSR count). The summed E-state index contributed by atoms with van der Waals surface area (Å²) in [6.07, 6.45) is 9.82. The minimum Gasteiger partial charge on any atom is -0.335 e. The van der Waals surface area contributed by atoms with Crippen LogP contribution in [0.25, 0.3) is 11.1 Å². The van der Waals surface area contributed by atoms with Crippen LogP contribution in [-0.2, 0) is 21.7 Å². The molecule has 336 valence electrons. The highest BCUT2D eigenvalue weighted by atomic mass is 15.3. The van der Waals surface area contributed by atoms with Gasteiger partial charge in [-0.15, -0.1) is 0 Å². The second-order valence-electron chi connectivity index (χ2n) is 24.6. The van der Waals surface area contributed by atoms with Crippen molar-refractivity contribution in [2.75, 3.05) is 14.7 Å². The molecular weight excluding hydrogens is 798 g/mol. The summed E-state index contributed by atoms with van der Waals surface area (Å²) < 4.78 is 0. The fraction of sp³-hybridized carbons (Fsp3) is 0.419. The van der Waals surface area contributed by atoms with Gasteiger partial charge in [0.05, 0.1) is 11.1 Å². The molecule has 6 aromatic rings. The van der Waals surface area contributed by atoms with Crippen LogP contribution in [0.15, 0.2) is 109 Å². The van der Waals surface area contributed by atoms with Crippen LogP contribution in [-0.4, -0.2) is 17.8 Å². The summed E-state index contributed by atoms with van der Waals surface area (Å²) in [6.45, 7) is 29.5. The fourth-order valence-electron chi connectivity index (χ4n) is 14.9. The standard InChI is InChI=1S/C62H70BN3/c1-39-31-40(2)54-51(32-39)65(62(12)30-19-17-28-60(54,62)10)46-37-52-55-53(38-46)66-56-47(59(9)27-16-18-29-61(59,66)11)33-42(41-21-14-13-15-22-41)34-49(56)63(55)48-26-25-44(58(6,7)8)36-50(48)64(52)45-24-20-23-43(35-45)57(3,4)5/h13-15,20-26,31-38H,16-19,27-30H2,1-12H3. The maximum absolute atomic E-state index is 2.95. The van der Waals surface area contributed by atoms with Crippen LogP contribution in [0.4, 0.5) is 39.8 Å². The summed E-state index contributed by atoms with van der Waals surface area (Å²) in [6, 6.07) is 43.9. The van der Waals surface area contributed by atoms with Gasteiger partial charge in [-0.2, -0.15) is 0 Å². The average Bonchev–Trinajstić information content (AvgIpc) is 3.62. The second-order valence-corrected chi connectivity index (χ2v) is 24.6. The van der Waals surface area contributed by atoms with Crippen LogP contribution in [0, 0.1) is 13.8 Å². The highest BCUT2D eigenvalue weighted by Crippen LogP contribution is 2.65. The Morgan fingerprint density at radius 3 is 1.86 bits per heavy atom. The van der Waals surface area contributed by atoms with Crippen molar-refractivity contribution in [3.05, 3.63) is 143 Å². The molecule has 0 N–H and O–H groups in total. The van der Waals surface area contributed by atoms with E-state index in [0.717, 1.165) is 0 Å². The van der Waals surface area contributed by atoms with Gasteiger partial charge in [-0.3, -0.25) is 0 Å². The highest BCUT2D eigenvalue weighted by Gasteiger charge is 2.63. The van der Waals surface area contributed by atoms with Gasteiger partial charge >= 0.3 is 0 Å². The number of aryl methyl sites for hydroxylation is 2. The minimum absolute atomic E-state index is 0.000526. The van der Waals surface area contributed by atoms with Crippen LogP contribution in [0.2, 0.25) is 0 Å². The molecule has 4 unspecified atom stereocenters. The lowest BCUT2D eigenvalue weighted by atomic mass is 9.33. The molecule has 0 radical (unpaired) electrons. The van der Waals surface area contributed by atoms with E-state index in [4.69, 9.17) is 0 Å². The Labute approximate surface area is 396 Å². The van der Waals surface area contributed by atoms with Gasteiger partial charge in [0.25, 0.3) is 6.71 Å². The number of hydrogen-bond donors (Lipinski definition) is 0. The lowest BCUT2D eigenvalue weighted by Crippen LogP contribution is -2.64. The van der Waals surface area contributed by atoms with Crippen molar-refractivity contribution < 1.29 is 0 Å². The van der Waals surface area contributed by atoms with Crippen LogP contribution in [0.3, 0.4) is 0 Å². The molecule has 2 saturated carbocycles. The Kier molecular flexibility index (Phi) is 8.75. The molecule has 0 bridgehead atoms. The van der Waals surface area contributed by atoms with Gasteiger partial charge in [-0.1, -0.05) is 148 Å². The lowest BCUT2D eigenvalue weighted by molar-refractivity contribution is 0.193. The molecule has 2 aliphatic carbocycles. The number of benzene rings is 6. The smallest absolute Gasteiger partial charge is 0.252 e. The van der Waals surface area contributed by atoms with E-state index in [9.17, 15) is 0 Å². The zero-order valence-electron chi connectivity index (χ0n) is 42.0. The maximum atomic E-state index is 2.95. The molecule has 0 aromatic heterocycles. The third kappa shape index (κ3) is 5.45. The number of anilines is 7. The lowest BCUT2D eigenvalue weighted by Gasteiger charge is -2.54. The Morgan fingerprint density at radius 2 is 1.15 bits per heavy atom. The summed E-state index contributed by atoms with van der Waals surface area (Å²) in [7, 11) is 0. The van der Waals surface area contributed by atoms with E-state index in [1.165, 1.54) is 141 Å². The molecule has 4 atom stereocenters. The fourth-order valence-corrected chi connectivity index (χ4v) is 14.9. The van der Waals surface area contributed by atoms with Crippen molar-refractivity contribution in [1.82, 2.24) is 0 Å². The summed E-state index contributed by atoms with van der Waals surface area (Å²) in [5.74, 6) is 0. The average molecular weight is 868 g/mol.